The monoisotopic (exact) mass is 475 g/mol. The summed E-state index contributed by atoms with van der Waals surface area (Å²) in [5.41, 5.74) is 4.31. The molecular weight excluding hydrogens is 442 g/mol. The number of nitrogens with zero attached hydrogens (tertiary/aromatic N) is 2. The van der Waals surface area contributed by atoms with E-state index >= 15 is 0 Å². The van der Waals surface area contributed by atoms with Crippen molar-refractivity contribution >= 4 is 28.8 Å². The second-order valence-electron chi connectivity index (χ2n) is 9.20. The summed E-state index contributed by atoms with van der Waals surface area (Å²) in [7, 11) is 0. The van der Waals surface area contributed by atoms with Crippen LogP contribution in [-0.4, -0.2) is 22.8 Å². The smallest absolute Gasteiger partial charge is 0.271 e. The van der Waals surface area contributed by atoms with Gasteiger partial charge in [0.1, 0.15) is 10.9 Å². The second-order valence-corrected chi connectivity index (χ2v) is 10.4. The van der Waals surface area contributed by atoms with Gasteiger partial charge < -0.3 is 5.32 Å². The maximum Gasteiger partial charge on any atom is 0.271 e. The summed E-state index contributed by atoms with van der Waals surface area (Å²) in [4.78, 5) is 34.9. The highest BCUT2D eigenvalue weighted by Gasteiger charge is 2.36. The predicted molar refractivity (Wildman–Crippen MR) is 139 cm³/mol. The minimum Gasteiger partial charge on any atom is -0.351 e. The first-order valence-electron chi connectivity index (χ1n) is 12.1. The van der Waals surface area contributed by atoms with Gasteiger partial charge in [0.25, 0.3) is 5.91 Å². The molecule has 2 amide bonds. The van der Waals surface area contributed by atoms with Crippen molar-refractivity contribution in [2.45, 2.75) is 71.9 Å². The Morgan fingerprint density at radius 2 is 1.68 bits per heavy atom. The lowest BCUT2D eigenvalue weighted by molar-refractivity contribution is -0.123. The number of nitrogens with one attached hydrogen (secondary N) is 1. The van der Waals surface area contributed by atoms with Crippen LogP contribution in [0.1, 0.15) is 75.2 Å². The summed E-state index contributed by atoms with van der Waals surface area (Å²) < 4.78 is 0. The molecule has 6 heteroatoms. The molecule has 1 heterocycles. The number of thiazole rings is 1. The standard InChI is InChI=1S/C28H33N3O2S/c1-18-12-11-17-24(19(18)2)31(28(33)26-20(3)29-21(4)34-26)25(22-13-7-5-8-14-22)27(32)30-23-15-9-6-10-16-23/h5,7-8,11-14,17,23,25H,6,9-10,15-16H2,1-4H3,(H,30,32). The first-order valence-corrected chi connectivity index (χ1v) is 12.9. The number of carbonyl (C=O) groups is 2. The van der Waals surface area contributed by atoms with E-state index in [0.717, 1.165) is 53.1 Å². The molecule has 1 saturated carbocycles. The first-order chi connectivity index (χ1) is 16.4. The number of amides is 2. The second kappa shape index (κ2) is 10.5. The lowest BCUT2D eigenvalue weighted by atomic mass is 9.94. The molecule has 0 bridgehead atoms. The van der Waals surface area contributed by atoms with Gasteiger partial charge in [0, 0.05) is 11.7 Å². The molecule has 0 radical (unpaired) electrons. The minimum atomic E-state index is -0.780. The summed E-state index contributed by atoms with van der Waals surface area (Å²) in [6.07, 6.45) is 5.43. The first kappa shape index (κ1) is 24.1. The Morgan fingerprint density at radius 3 is 2.32 bits per heavy atom. The average molecular weight is 476 g/mol. The molecule has 1 aromatic heterocycles. The molecule has 3 aromatic rings. The van der Waals surface area contributed by atoms with Crippen LogP contribution in [0.4, 0.5) is 5.69 Å². The van der Waals surface area contributed by atoms with Crippen LogP contribution in [0.2, 0.25) is 0 Å². The van der Waals surface area contributed by atoms with Crippen LogP contribution in [0.15, 0.2) is 48.5 Å². The van der Waals surface area contributed by atoms with Crippen LogP contribution in [0.25, 0.3) is 0 Å². The van der Waals surface area contributed by atoms with Crippen LogP contribution >= 0.6 is 11.3 Å². The lowest BCUT2D eigenvalue weighted by Gasteiger charge is -2.34. The summed E-state index contributed by atoms with van der Waals surface area (Å²) >= 11 is 1.38. The van der Waals surface area contributed by atoms with Gasteiger partial charge in [-0.2, -0.15) is 0 Å². The SMILES string of the molecule is Cc1nc(C)c(C(=O)N(c2cccc(C)c2C)C(C(=O)NC2CCCCC2)c2ccccc2)s1. The molecule has 1 unspecified atom stereocenters. The fraction of sp³-hybridized carbons (Fsp3) is 0.393. The van der Waals surface area contributed by atoms with Gasteiger partial charge in [0.15, 0.2) is 0 Å². The van der Waals surface area contributed by atoms with Gasteiger partial charge in [0.2, 0.25) is 5.91 Å². The van der Waals surface area contributed by atoms with Crippen molar-refractivity contribution < 1.29 is 9.59 Å². The lowest BCUT2D eigenvalue weighted by Crippen LogP contribution is -2.47. The van der Waals surface area contributed by atoms with Crippen molar-refractivity contribution in [3.8, 4) is 0 Å². The Morgan fingerprint density at radius 1 is 0.971 bits per heavy atom. The zero-order valence-electron chi connectivity index (χ0n) is 20.4. The van der Waals surface area contributed by atoms with Crippen molar-refractivity contribution in [3.05, 3.63) is 80.8 Å². The molecule has 178 valence electrons. The average Bonchev–Trinajstić information content (AvgIpc) is 3.18. The number of aromatic nitrogens is 1. The normalized spacial score (nSPS) is 15.1. The van der Waals surface area contributed by atoms with Crippen molar-refractivity contribution in [1.82, 2.24) is 10.3 Å². The Balaban J connectivity index is 1.85. The van der Waals surface area contributed by atoms with E-state index in [9.17, 15) is 9.59 Å². The molecule has 1 atom stereocenters. The summed E-state index contributed by atoms with van der Waals surface area (Å²) in [5, 5.41) is 4.12. The minimum absolute atomic E-state index is 0.133. The number of benzene rings is 2. The number of aryl methyl sites for hydroxylation is 3. The quantitative estimate of drug-likeness (QED) is 0.461. The third kappa shape index (κ3) is 5.07. The molecule has 1 N–H and O–H groups in total. The van der Waals surface area contributed by atoms with E-state index < -0.39 is 6.04 Å². The largest absolute Gasteiger partial charge is 0.351 e. The fourth-order valence-electron chi connectivity index (χ4n) is 4.78. The van der Waals surface area contributed by atoms with Crippen molar-refractivity contribution in [1.29, 1.82) is 0 Å². The molecule has 0 aliphatic heterocycles. The van der Waals surface area contributed by atoms with Gasteiger partial charge >= 0.3 is 0 Å². The highest BCUT2D eigenvalue weighted by Crippen LogP contribution is 2.35. The fourth-order valence-corrected chi connectivity index (χ4v) is 5.64. The summed E-state index contributed by atoms with van der Waals surface area (Å²) in [5.74, 6) is -0.323. The molecule has 34 heavy (non-hydrogen) atoms. The number of anilines is 1. The maximum atomic E-state index is 14.2. The Labute approximate surface area is 206 Å². The zero-order valence-corrected chi connectivity index (χ0v) is 21.2. The summed E-state index contributed by atoms with van der Waals surface area (Å²) in [6.45, 7) is 7.80. The summed E-state index contributed by atoms with van der Waals surface area (Å²) in [6, 6.07) is 14.9. The topological polar surface area (TPSA) is 62.3 Å². The van der Waals surface area contributed by atoms with E-state index in [1.807, 2.05) is 76.2 Å². The molecule has 0 saturated heterocycles. The number of carbonyl (C=O) groups excluding carboxylic acids is 2. The maximum absolute atomic E-state index is 14.2. The van der Waals surface area contributed by atoms with E-state index in [4.69, 9.17) is 0 Å². The van der Waals surface area contributed by atoms with Crippen molar-refractivity contribution in [3.63, 3.8) is 0 Å². The number of rotatable bonds is 6. The molecule has 1 aliphatic rings. The van der Waals surface area contributed by atoms with Crippen LogP contribution in [0.3, 0.4) is 0 Å². The number of hydrogen-bond acceptors (Lipinski definition) is 4. The molecule has 2 aromatic carbocycles. The van der Waals surface area contributed by atoms with Gasteiger partial charge in [0.05, 0.1) is 10.7 Å². The highest BCUT2D eigenvalue weighted by atomic mass is 32.1. The van der Waals surface area contributed by atoms with E-state index in [-0.39, 0.29) is 17.9 Å². The Bertz CT molecular complexity index is 1170. The van der Waals surface area contributed by atoms with Gasteiger partial charge in [-0.1, -0.05) is 61.7 Å². The van der Waals surface area contributed by atoms with Crippen LogP contribution < -0.4 is 10.2 Å². The van der Waals surface area contributed by atoms with E-state index in [0.29, 0.717) is 10.6 Å². The third-order valence-electron chi connectivity index (χ3n) is 6.73. The van der Waals surface area contributed by atoms with Crippen LogP contribution in [-0.2, 0) is 4.79 Å². The molecule has 1 fully saturated rings. The van der Waals surface area contributed by atoms with E-state index in [1.165, 1.54) is 17.8 Å². The molecule has 4 rings (SSSR count). The molecule has 5 nitrogen and oxygen atoms in total. The predicted octanol–water partition coefficient (Wildman–Crippen LogP) is 6.21. The van der Waals surface area contributed by atoms with Gasteiger partial charge in [-0.3, -0.25) is 14.5 Å². The van der Waals surface area contributed by atoms with Crippen LogP contribution in [0, 0.1) is 27.7 Å². The molecule has 1 aliphatic carbocycles. The molecular formula is C28H33N3O2S. The highest BCUT2D eigenvalue weighted by molar-refractivity contribution is 7.13. The van der Waals surface area contributed by atoms with Gasteiger partial charge in [-0.25, -0.2) is 4.98 Å². The van der Waals surface area contributed by atoms with Gasteiger partial charge in [-0.05, 0) is 63.3 Å². The van der Waals surface area contributed by atoms with Crippen LogP contribution in [0.5, 0.6) is 0 Å². The van der Waals surface area contributed by atoms with E-state index in [2.05, 4.69) is 10.3 Å². The van der Waals surface area contributed by atoms with Crippen molar-refractivity contribution in [2.24, 2.45) is 0 Å². The van der Waals surface area contributed by atoms with Gasteiger partial charge in [-0.15, -0.1) is 11.3 Å². The van der Waals surface area contributed by atoms with E-state index in [1.54, 1.807) is 4.90 Å². The third-order valence-corrected chi connectivity index (χ3v) is 7.79. The Hall–Kier alpha value is -2.99. The van der Waals surface area contributed by atoms with Crippen molar-refractivity contribution in [2.75, 3.05) is 4.90 Å². The molecule has 0 spiro atoms. The Kier molecular flexibility index (Phi) is 7.47. The zero-order chi connectivity index (χ0) is 24.2. The number of hydrogen-bond donors (Lipinski definition) is 1.